The first-order valence-electron chi connectivity index (χ1n) is 8.69. The minimum atomic E-state index is -0.177. The minimum absolute atomic E-state index is 0.0254. The second-order valence-electron chi connectivity index (χ2n) is 6.61. The van der Waals surface area contributed by atoms with Crippen molar-refractivity contribution in [1.29, 1.82) is 0 Å². The van der Waals surface area contributed by atoms with Crippen molar-refractivity contribution in [2.75, 3.05) is 0 Å². The van der Waals surface area contributed by atoms with Crippen LogP contribution in [0.25, 0.3) is 0 Å². The number of carbonyl (C=O) groups excluding carboxylic acids is 1. The second-order valence-corrected chi connectivity index (χ2v) is 6.61. The highest BCUT2D eigenvalue weighted by atomic mass is 16.5. The summed E-state index contributed by atoms with van der Waals surface area (Å²) in [6.45, 7) is 4.34. The molecule has 2 N–H and O–H groups in total. The van der Waals surface area contributed by atoms with E-state index in [1.54, 1.807) is 6.20 Å². The number of nitrogens with zero attached hydrogens (tertiary/aromatic N) is 3. The molecule has 2 amide bonds. The molecule has 0 radical (unpaired) electrons. The van der Waals surface area contributed by atoms with Crippen LogP contribution in [0.2, 0.25) is 0 Å². The molecule has 3 rings (SSSR count). The number of nitrogens with one attached hydrogen (secondary N) is 2. The van der Waals surface area contributed by atoms with Crippen molar-refractivity contribution in [2.24, 2.45) is 7.05 Å². The zero-order chi connectivity index (χ0) is 17.8. The molecular weight excluding hydrogens is 318 g/mol. The predicted molar refractivity (Wildman–Crippen MR) is 94.3 cm³/mol. The molecule has 0 spiro atoms. The highest BCUT2D eigenvalue weighted by Gasteiger charge is 2.24. The van der Waals surface area contributed by atoms with E-state index < -0.39 is 0 Å². The standard InChI is InChI=1S/C18H25N5O2/c1-12(2)25-17-8-7-13(9-19-17)10-20-18(24)22-15-5-4-6-16-14(15)11-21-23(16)3/h7-9,11-12,15H,4-6,10H2,1-3H3,(H2,20,22,24). The highest BCUT2D eigenvalue weighted by molar-refractivity contribution is 5.74. The molecule has 1 aliphatic rings. The van der Waals surface area contributed by atoms with E-state index in [2.05, 4.69) is 20.7 Å². The van der Waals surface area contributed by atoms with E-state index in [9.17, 15) is 4.79 Å². The Bertz CT molecular complexity index is 724. The number of hydrogen-bond donors (Lipinski definition) is 2. The number of urea groups is 1. The van der Waals surface area contributed by atoms with Gasteiger partial charge in [0.2, 0.25) is 5.88 Å². The van der Waals surface area contributed by atoms with Crippen LogP contribution in [0.3, 0.4) is 0 Å². The van der Waals surface area contributed by atoms with E-state index in [4.69, 9.17) is 4.74 Å². The summed E-state index contributed by atoms with van der Waals surface area (Å²) >= 11 is 0. The molecule has 7 heteroatoms. The van der Waals surface area contributed by atoms with E-state index >= 15 is 0 Å². The van der Waals surface area contributed by atoms with Crippen molar-refractivity contribution in [3.8, 4) is 5.88 Å². The van der Waals surface area contributed by atoms with Gasteiger partial charge < -0.3 is 15.4 Å². The average molecular weight is 343 g/mol. The van der Waals surface area contributed by atoms with Gasteiger partial charge in [0.25, 0.3) is 0 Å². The van der Waals surface area contributed by atoms with Crippen LogP contribution in [-0.4, -0.2) is 26.9 Å². The van der Waals surface area contributed by atoms with E-state index in [0.717, 1.165) is 30.4 Å². The Hall–Kier alpha value is -2.57. The number of rotatable bonds is 5. The van der Waals surface area contributed by atoms with Crippen LogP contribution in [-0.2, 0) is 20.0 Å². The van der Waals surface area contributed by atoms with Gasteiger partial charge >= 0.3 is 6.03 Å². The second kappa shape index (κ2) is 7.55. The van der Waals surface area contributed by atoms with Crippen molar-refractivity contribution < 1.29 is 9.53 Å². The van der Waals surface area contributed by atoms with E-state index in [1.165, 1.54) is 5.69 Å². The van der Waals surface area contributed by atoms with Crippen LogP contribution in [0.5, 0.6) is 5.88 Å². The van der Waals surface area contributed by atoms with Crippen molar-refractivity contribution in [3.05, 3.63) is 41.3 Å². The van der Waals surface area contributed by atoms with Gasteiger partial charge in [0.05, 0.1) is 18.3 Å². The lowest BCUT2D eigenvalue weighted by Crippen LogP contribution is -2.38. The normalized spacial score (nSPS) is 16.4. The first kappa shape index (κ1) is 17.3. The summed E-state index contributed by atoms with van der Waals surface area (Å²) in [5.41, 5.74) is 3.26. The molecule has 25 heavy (non-hydrogen) atoms. The molecule has 134 valence electrons. The topological polar surface area (TPSA) is 81.1 Å². The van der Waals surface area contributed by atoms with Crippen molar-refractivity contribution in [2.45, 2.75) is 51.8 Å². The third-order valence-corrected chi connectivity index (χ3v) is 4.29. The van der Waals surface area contributed by atoms with Gasteiger partial charge in [0, 0.05) is 37.1 Å². The lowest BCUT2D eigenvalue weighted by Gasteiger charge is -2.24. The van der Waals surface area contributed by atoms with Crippen molar-refractivity contribution >= 4 is 6.03 Å². The number of carbonyl (C=O) groups is 1. The molecule has 0 bridgehead atoms. The summed E-state index contributed by atoms with van der Waals surface area (Å²) in [5.74, 6) is 0.592. The van der Waals surface area contributed by atoms with Gasteiger partial charge in [0.15, 0.2) is 0 Å². The third-order valence-electron chi connectivity index (χ3n) is 4.29. The number of amides is 2. The number of aromatic nitrogens is 3. The first-order valence-corrected chi connectivity index (χ1v) is 8.69. The number of pyridine rings is 1. The fourth-order valence-electron chi connectivity index (χ4n) is 3.07. The summed E-state index contributed by atoms with van der Waals surface area (Å²) in [7, 11) is 1.95. The largest absolute Gasteiger partial charge is 0.475 e. The molecule has 0 saturated heterocycles. The number of ether oxygens (including phenoxy) is 1. The van der Waals surface area contributed by atoms with Gasteiger partial charge in [-0.15, -0.1) is 0 Å². The zero-order valence-electron chi connectivity index (χ0n) is 15.0. The Labute approximate surface area is 147 Å². The van der Waals surface area contributed by atoms with Crippen LogP contribution >= 0.6 is 0 Å². The summed E-state index contributed by atoms with van der Waals surface area (Å²) in [5, 5.41) is 10.2. The van der Waals surface area contributed by atoms with Crippen LogP contribution in [0.4, 0.5) is 4.79 Å². The van der Waals surface area contributed by atoms with E-state index in [-0.39, 0.29) is 18.2 Å². The molecule has 0 fully saturated rings. The smallest absolute Gasteiger partial charge is 0.315 e. The SMILES string of the molecule is CC(C)Oc1ccc(CNC(=O)NC2CCCc3c2cnn3C)cn1. The summed E-state index contributed by atoms with van der Waals surface area (Å²) < 4.78 is 7.41. The summed E-state index contributed by atoms with van der Waals surface area (Å²) in [4.78, 5) is 16.5. The lowest BCUT2D eigenvalue weighted by molar-refractivity contribution is 0.232. The van der Waals surface area contributed by atoms with E-state index in [1.807, 2.05) is 43.9 Å². The Morgan fingerprint density at radius 3 is 2.96 bits per heavy atom. The molecule has 2 heterocycles. The van der Waals surface area contributed by atoms with E-state index in [0.29, 0.717) is 12.4 Å². The molecule has 1 atom stereocenters. The Morgan fingerprint density at radius 1 is 1.40 bits per heavy atom. The van der Waals surface area contributed by atoms with Crippen molar-refractivity contribution in [3.63, 3.8) is 0 Å². The first-order chi connectivity index (χ1) is 12.0. The monoisotopic (exact) mass is 343 g/mol. The van der Waals surface area contributed by atoms with Crippen LogP contribution in [0.15, 0.2) is 24.5 Å². The molecule has 0 saturated carbocycles. The predicted octanol–water partition coefficient (Wildman–Crippen LogP) is 2.48. The molecule has 7 nitrogen and oxygen atoms in total. The fourth-order valence-corrected chi connectivity index (χ4v) is 3.07. The zero-order valence-corrected chi connectivity index (χ0v) is 15.0. The summed E-state index contributed by atoms with van der Waals surface area (Å²) in [6.07, 6.45) is 6.68. The molecule has 2 aromatic heterocycles. The van der Waals surface area contributed by atoms with Gasteiger partial charge in [-0.1, -0.05) is 6.07 Å². The molecular formula is C18H25N5O2. The Kier molecular flexibility index (Phi) is 5.21. The molecule has 1 aliphatic carbocycles. The van der Waals surface area contributed by atoms with Gasteiger partial charge in [-0.05, 0) is 38.7 Å². The van der Waals surface area contributed by atoms with Gasteiger partial charge in [0.1, 0.15) is 0 Å². The van der Waals surface area contributed by atoms with Gasteiger partial charge in [-0.25, -0.2) is 9.78 Å². The molecule has 1 unspecified atom stereocenters. The molecule has 2 aromatic rings. The van der Waals surface area contributed by atoms with Crippen LogP contribution < -0.4 is 15.4 Å². The molecule has 0 aromatic carbocycles. The Morgan fingerprint density at radius 2 is 2.24 bits per heavy atom. The number of aryl methyl sites for hydroxylation is 1. The van der Waals surface area contributed by atoms with Gasteiger partial charge in [-0.2, -0.15) is 5.10 Å². The van der Waals surface area contributed by atoms with Crippen LogP contribution in [0, 0.1) is 0 Å². The number of hydrogen-bond acceptors (Lipinski definition) is 4. The summed E-state index contributed by atoms with van der Waals surface area (Å²) in [6, 6.07) is 3.57. The maximum Gasteiger partial charge on any atom is 0.315 e. The quantitative estimate of drug-likeness (QED) is 0.874. The Balaban J connectivity index is 1.52. The molecule has 0 aliphatic heterocycles. The van der Waals surface area contributed by atoms with Crippen molar-refractivity contribution in [1.82, 2.24) is 25.4 Å². The van der Waals surface area contributed by atoms with Gasteiger partial charge in [-0.3, -0.25) is 4.68 Å². The highest BCUT2D eigenvalue weighted by Crippen LogP contribution is 2.28. The maximum atomic E-state index is 12.2. The maximum absolute atomic E-state index is 12.2. The third kappa shape index (κ3) is 4.29. The average Bonchev–Trinajstić information content (AvgIpc) is 2.96. The number of fused-ring (bicyclic) bond motifs is 1. The fraction of sp³-hybridized carbons (Fsp3) is 0.500. The van der Waals surface area contributed by atoms with Crippen LogP contribution in [0.1, 0.15) is 49.6 Å². The lowest BCUT2D eigenvalue weighted by atomic mass is 9.93. The minimum Gasteiger partial charge on any atom is -0.475 e.